The first kappa shape index (κ1) is 17.8. The van der Waals surface area contributed by atoms with Gasteiger partial charge in [-0.3, -0.25) is 0 Å². The molecule has 0 atom stereocenters. The van der Waals surface area contributed by atoms with Gasteiger partial charge in [0.15, 0.2) is 5.82 Å². The molecule has 0 unspecified atom stereocenters. The van der Waals surface area contributed by atoms with Crippen molar-refractivity contribution in [3.63, 3.8) is 0 Å². The maximum atomic E-state index is 14.6. The monoisotopic (exact) mass is 345 g/mol. The Kier molecular flexibility index (Phi) is 5.70. The number of rotatable bonds is 6. The van der Waals surface area contributed by atoms with Gasteiger partial charge in [0.05, 0.1) is 11.6 Å². The van der Waals surface area contributed by atoms with Gasteiger partial charge in [-0.15, -0.1) is 0 Å². The van der Waals surface area contributed by atoms with Crippen LogP contribution in [0.4, 0.5) is 4.39 Å². The molecule has 0 amide bonds. The Balaban J connectivity index is 1.79. The zero-order valence-electron chi connectivity index (χ0n) is 14.7. The third-order valence-corrected chi connectivity index (χ3v) is 4.33. The van der Waals surface area contributed by atoms with Crippen LogP contribution in [0, 0.1) is 17.1 Å². The van der Waals surface area contributed by atoms with Crippen molar-refractivity contribution in [3.8, 4) is 28.6 Å². The number of hydrogen-bond acceptors (Lipinski definition) is 3. The molecule has 1 aromatic heterocycles. The van der Waals surface area contributed by atoms with Crippen LogP contribution in [0.2, 0.25) is 0 Å². The topological polar surface area (TPSA) is 49.6 Å². The minimum atomic E-state index is -0.331. The fourth-order valence-electron chi connectivity index (χ4n) is 2.82. The fourth-order valence-corrected chi connectivity index (χ4v) is 2.82. The van der Waals surface area contributed by atoms with Gasteiger partial charge in [-0.05, 0) is 42.2 Å². The summed E-state index contributed by atoms with van der Waals surface area (Å²) in [6.07, 6.45) is 8.13. The van der Waals surface area contributed by atoms with E-state index in [0.717, 1.165) is 24.0 Å². The van der Waals surface area contributed by atoms with Crippen LogP contribution < -0.4 is 0 Å². The standard InChI is InChI=1S/C22H20FN3/c1-2-3-4-5-17-14-25-22(26-15-17)19-10-11-20(21(23)12-19)18-8-6-16(13-24)7-9-18/h6-12,14-15H,2-5H2,1H3. The second kappa shape index (κ2) is 8.35. The van der Waals surface area contributed by atoms with Gasteiger partial charge in [0.25, 0.3) is 0 Å². The highest BCUT2D eigenvalue weighted by Gasteiger charge is 2.09. The maximum Gasteiger partial charge on any atom is 0.159 e. The highest BCUT2D eigenvalue weighted by molar-refractivity contribution is 5.69. The summed E-state index contributed by atoms with van der Waals surface area (Å²) in [4.78, 5) is 8.76. The molecule has 2 aromatic carbocycles. The van der Waals surface area contributed by atoms with Gasteiger partial charge in [0.2, 0.25) is 0 Å². The van der Waals surface area contributed by atoms with Crippen LogP contribution in [-0.4, -0.2) is 9.97 Å². The lowest BCUT2D eigenvalue weighted by atomic mass is 10.0. The summed E-state index contributed by atoms with van der Waals surface area (Å²) in [6.45, 7) is 2.18. The number of nitrogens with zero attached hydrogens (tertiary/aromatic N) is 3. The molecule has 0 fully saturated rings. The molecule has 0 aliphatic heterocycles. The second-order valence-corrected chi connectivity index (χ2v) is 6.26. The third kappa shape index (κ3) is 4.12. The summed E-state index contributed by atoms with van der Waals surface area (Å²) in [5.74, 6) is 0.192. The Morgan fingerprint density at radius 2 is 1.65 bits per heavy atom. The molecule has 26 heavy (non-hydrogen) atoms. The summed E-state index contributed by atoms with van der Waals surface area (Å²) in [5, 5.41) is 8.86. The van der Waals surface area contributed by atoms with Crippen LogP contribution in [0.5, 0.6) is 0 Å². The Bertz CT molecular complexity index is 910. The minimum Gasteiger partial charge on any atom is -0.236 e. The molecule has 0 bridgehead atoms. The van der Waals surface area contributed by atoms with Gasteiger partial charge in [-0.2, -0.15) is 5.26 Å². The summed E-state index contributed by atoms with van der Waals surface area (Å²) in [7, 11) is 0. The number of nitriles is 1. The quantitative estimate of drug-likeness (QED) is 0.550. The van der Waals surface area contributed by atoms with Crippen molar-refractivity contribution in [1.82, 2.24) is 9.97 Å². The lowest BCUT2D eigenvalue weighted by molar-refractivity contribution is 0.631. The van der Waals surface area contributed by atoms with Crippen molar-refractivity contribution < 1.29 is 4.39 Å². The molecule has 0 N–H and O–H groups in total. The van der Waals surface area contributed by atoms with Crippen LogP contribution in [0.25, 0.3) is 22.5 Å². The first-order valence-electron chi connectivity index (χ1n) is 8.82. The van der Waals surface area contributed by atoms with Gasteiger partial charge < -0.3 is 0 Å². The van der Waals surface area contributed by atoms with E-state index in [2.05, 4.69) is 23.0 Å². The SMILES string of the molecule is CCCCCc1cnc(-c2ccc(-c3ccc(C#N)cc3)c(F)c2)nc1. The normalized spacial score (nSPS) is 10.5. The number of unbranched alkanes of at least 4 members (excludes halogenated alkanes) is 2. The maximum absolute atomic E-state index is 14.6. The van der Waals surface area contributed by atoms with E-state index < -0.39 is 0 Å². The van der Waals surface area contributed by atoms with Crippen molar-refractivity contribution in [2.45, 2.75) is 32.6 Å². The number of hydrogen-bond donors (Lipinski definition) is 0. The zero-order valence-corrected chi connectivity index (χ0v) is 14.7. The zero-order chi connectivity index (χ0) is 18.4. The molecule has 130 valence electrons. The third-order valence-electron chi connectivity index (χ3n) is 4.33. The predicted molar refractivity (Wildman–Crippen MR) is 101 cm³/mol. The van der Waals surface area contributed by atoms with E-state index in [1.807, 2.05) is 18.5 Å². The summed E-state index contributed by atoms with van der Waals surface area (Å²) < 4.78 is 14.6. The van der Waals surface area contributed by atoms with Crippen LogP contribution >= 0.6 is 0 Å². The van der Waals surface area contributed by atoms with Gasteiger partial charge in [-0.25, -0.2) is 14.4 Å². The highest BCUT2D eigenvalue weighted by atomic mass is 19.1. The van der Waals surface area contributed by atoms with E-state index in [1.165, 1.54) is 18.9 Å². The summed E-state index contributed by atoms with van der Waals surface area (Å²) >= 11 is 0. The van der Waals surface area contributed by atoms with Crippen molar-refractivity contribution in [1.29, 1.82) is 5.26 Å². The molecule has 0 radical (unpaired) electrons. The Labute approximate surface area is 153 Å². The Hall–Kier alpha value is -3.06. The molecule has 3 aromatic rings. The van der Waals surface area contributed by atoms with E-state index in [-0.39, 0.29) is 5.82 Å². The van der Waals surface area contributed by atoms with Gasteiger partial charge in [0, 0.05) is 23.5 Å². The molecular formula is C22H20FN3. The number of aryl methyl sites for hydroxylation is 1. The molecular weight excluding hydrogens is 325 g/mol. The van der Waals surface area contributed by atoms with Crippen LogP contribution in [0.15, 0.2) is 54.9 Å². The van der Waals surface area contributed by atoms with Crippen molar-refractivity contribution in [2.24, 2.45) is 0 Å². The van der Waals surface area contributed by atoms with E-state index in [9.17, 15) is 4.39 Å². The molecule has 0 aliphatic rings. The molecule has 0 saturated carbocycles. The minimum absolute atomic E-state index is 0.331. The highest BCUT2D eigenvalue weighted by Crippen LogP contribution is 2.27. The summed E-state index contributed by atoms with van der Waals surface area (Å²) in [5.41, 5.74) is 3.55. The lowest BCUT2D eigenvalue weighted by Gasteiger charge is -2.07. The number of aromatic nitrogens is 2. The Morgan fingerprint density at radius 3 is 2.27 bits per heavy atom. The van der Waals surface area contributed by atoms with Crippen molar-refractivity contribution in [3.05, 3.63) is 71.8 Å². The van der Waals surface area contributed by atoms with E-state index in [4.69, 9.17) is 5.26 Å². The average Bonchev–Trinajstić information content (AvgIpc) is 2.69. The van der Waals surface area contributed by atoms with Crippen molar-refractivity contribution >= 4 is 0 Å². The Morgan fingerprint density at radius 1 is 0.962 bits per heavy atom. The van der Waals surface area contributed by atoms with Crippen LogP contribution in [-0.2, 0) is 6.42 Å². The molecule has 1 heterocycles. The van der Waals surface area contributed by atoms with Crippen molar-refractivity contribution in [2.75, 3.05) is 0 Å². The molecule has 0 aliphatic carbocycles. The fraction of sp³-hybridized carbons (Fsp3) is 0.227. The summed E-state index contributed by atoms with van der Waals surface area (Å²) in [6, 6.07) is 13.9. The van der Waals surface area contributed by atoms with Gasteiger partial charge >= 0.3 is 0 Å². The second-order valence-electron chi connectivity index (χ2n) is 6.26. The van der Waals surface area contributed by atoms with Gasteiger partial charge in [0.1, 0.15) is 5.82 Å². The molecule has 0 saturated heterocycles. The van der Waals surface area contributed by atoms with Crippen LogP contribution in [0.1, 0.15) is 37.3 Å². The first-order chi connectivity index (χ1) is 12.7. The predicted octanol–water partition coefficient (Wildman–Crippen LogP) is 5.55. The van der Waals surface area contributed by atoms with Crippen LogP contribution in [0.3, 0.4) is 0 Å². The lowest BCUT2D eigenvalue weighted by Crippen LogP contribution is -1.94. The largest absolute Gasteiger partial charge is 0.236 e. The number of benzene rings is 2. The van der Waals surface area contributed by atoms with Gasteiger partial charge in [-0.1, -0.05) is 44.0 Å². The number of halogens is 1. The van der Waals surface area contributed by atoms with E-state index >= 15 is 0 Å². The molecule has 4 heteroatoms. The average molecular weight is 345 g/mol. The van der Waals surface area contributed by atoms with E-state index in [0.29, 0.717) is 22.5 Å². The van der Waals surface area contributed by atoms with E-state index in [1.54, 1.807) is 30.3 Å². The molecule has 0 spiro atoms. The molecule has 3 rings (SSSR count). The molecule has 3 nitrogen and oxygen atoms in total. The smallest absolute Gasteiger partial charge is 0.159 e. The first-order valence-corrected chi connectivity index (χ1v) is 8.82.